The summed E-state index contributed by atoms with van der Waals surface area (Å²) in [5.74, 6) is -3.39. The maximum Gasteiger partial charge on any atom is 0.264 e. The molecule has 9 heteroatoms. The van der Waals surface area contributed by atoms with Crippen LogP contribution in [0.4, 0.5) is 8.78 Å². The molecule has 0 radical (unpaired) electrons. The van der Waals surface area contributed by atoms with Gasteiger partial charge < -0.3 is 10.1 Å². The zero-order valence-corrected chi connectivity index (χ0v) is 12.5. The lowest BCUT2D eigenvalue weighted by Gasteiger charge is -2.23. The van der Waals surface area contributed by atoms with Crippen LogP contribution in [0.3, 0.4) is 0 Å². The predicted molar refractivity (Wildman–Crippen MR) is 70.7 cm³/mol. The molecule has 5 nitrogen and oxygen atoms in total. The van der Waals surface area contributed by atoms with Crippen LogP contribution in [-0.2, 0) is 13.8 Å². The van der Waals surface area contributed by atoms with E-state index >= 15 is 0 Å². The normalized spacial score (nSPS) is 22.3. The van der Waals surface area contributed by atoms with E-state index in [9.17, 15) is 22.0 Å². The summed E-state index contributed by atoms with van der Waals surface area (Å²) in [4.78, 5) is 11.0. The fraction of sp³-hybridized carbons (Fsp3) is 0.417. The van der Waals surface area contributed by atoms with E-state index in [2.05, 4.69) is 5.32 Å². The van der Waals surface area contributed by atoms with Gasteiger partial charge in [-0.1, -0.05) is 0 Å². The number of hydrogen-bond acceptors (Lipinski definition) is 4. The Kier molecular flexibility index (Phi) is 4.23. The Morgan fingerprint density at radius 1 is 1.43 bits per heavy atom. The molecule has 21 heavy (non-hydrogen) atoms. The highest BCUT2D eigenvalue weighted by Crippen LogP contribution is 2.25. The standard InChI is InChI=1S/C12H12ClF2NO4S/c1-12(2-3-20-6-12)16-11(17)8-4-7(14)5-9(10(8)15)21(13,18)19/h4-5H,2-3,6H2,1H3,(H,16,17). The SMILES string of the molecule is CC1(NC(=O)c2cc(F)cc(S(=O)(=O)Cl)c2F)CCOC1. The number of carbonyl (C=O) groups excluding carboxylic acids is 1. The summed E-state index contributed by atoms with van der Waals surface area (Å²) < 4.78 is 55.0. The van der Waals surface area contributed by atoms with Crippen molar-refractivity contribution < 1.29 is 26.7 Å². The molecule has 1 aliphatic heterocycles. The van der Waals surface area contributed by atoms with Gasteiger partial charge in [-0.05, 0) is 25.5 Å². The number of benzene rings is 1. The summed E-state index contributed by atoms with van der Waals surface area (Å²) in [7, 11) is 0.522. The molecule has 1 aromatic carbocycles. The van der Waals surface area contributed by atoms with E-state index in [1.165, 1.54) is 0 Å². The third-order valence-electron chi connectivity index (χ3n) is 3.15. The van der Waals surface area contributed by atoms with Crippen molar-refractivity contribution in [2.75, 3.05) is 13.2 Å². The van der Waals surface area contributed by atoms with Gasteiger partial charge in [0.15, 0.2) is 5.82 Å². The molecule has 0 bridgehead atoms. The Bertz CT molecular complexity index is 687. The van der Waals surface area contributed by atoms with Crippen molar-refractivity contribution in [2.45, 2.75) is 23.8 Å². The van der Waals surface area contributed by atoms with E-state index in [1.807, 2.05) is 0 Å². The van der Waals surface area contributed by atoms with Gasteiger partial charge in [0.05, 0.1) is 17.7 Å². The highest BCUT2D eigenvalue weighted by molar-refractivity contribution is 8.13. The average Bonchev–Trinajstić information content (AvgIpc) is 2.76. The van der Waals surface area contributed by atoms with Gasteiger partial charge in [-0.15, -0.1) is 0 Å². The fourth-order valence-corrected chi connectivity index (χ4v) is 2.93. The summed E-state index contributed by atoms with van der Waals surface area (Å²) in [5, 5.41) is 2.51. The molecule has 1 aliphatic rings. The Morgan fingerprint density at radius 3 is 2.62 bits per heavy atom. The second-order valence-corrected chi connectivity index (χ2v) is 7.56. The topological polar surface area (TPSA) is 72.5 Å². The molecular formula is C12H12ClF2NO4S. The minimum Gasteiger partial charge on any atom is -0.379 e. The number of nitrogens with one attached hydrogen (secondary N) is 1. The van der Waals surface area contributed by atoms with E-state index < -0.39 is 42.6 Å². The van der Waals surface area contributed by atoms with Crippen LogP contribution in [0, 0.1) is 11.6 Å². The number of carbonyl (C=O) groups is 1. The van der Waals surface area contributed by atoms with Crippen LogP contribution >= 0.6 is 10.7 Å². The van der Waals surface area contributed by atoms with E-state index in [0.29, 0.717) is 25.2 Å². The second kappa shape index (κ2) is 5.51. The highest BCUT2D eigenvalue weighted by atomic mass is 35.7. The Morgan fingerprint density at radius 2 is 2.10 bits per heavy atom. The number of halogens is 3. The third kappa shape index (κ3) is 3.50. The van der Waals surface area contributed by atoms with Crippen LogP contribution in [0.5, 0.6) is 0 Å². The maximum absolute atomic E-state index is 14.1. The summed E-state index contributed by atoms with van der Waals surface area (Å²) in [6.45, 7) is 2.36. The van der Waals surface area contributed by atoms with Crippen molar-refractivity contribution in [3.05, 3.63) is 29.3 Å². The molecule has 1 fully saturated rings. The van der Waals surface area contributed by atoms with Crippen molar-refractivity contribution in [1.29, 1.82) is 0 Å². The lowest BCUT2D eigenvalue weighted by Crippen LogP contribution is -2.46. The van der Waals surface area contributed by atoms with Crippen LogP contribution < -0.4 is 5.32 Å². The van der Waals surface area contributed by atoms with Crippen LogP contribution in [0.15, 0.2) is 17.0 Å². The van der Waals surface area contributed by atoms with Gasteiger partial charge in [0.1, 0.15) is 10.7 Å². The van der Waals surface area contributed by atoms with Crippen LogP contribution in [-0.4, -0.2) is 33.1 Å². The molecule has 1 N–H and O–H groups in total. The third-order valence-corrected chi connectivity index (χ3v) is 4.47. The summed E-state index contributed by atoms with van der Waals surface area (Å²) in [5.41, 5.74) is -1.43. The number of ether oxygens (including phenoxy) is 1. The van der Waals surface area contributed by atoms with Gasteiger partial charge in [0.25, 0.3) is 15.0 Å². The zero-order chi connectivity index (χ0) is 15.8. The smallest absolute Gasteiger partial charge is 0.264 e. The van der Waals surface area contributed by atoms with Crippen LogP contribution in [0.25, 0.3) is 0 Å². The van der Waals surface area contributed by atoms with Crippen molar-refractivity contribution in [1.82, 2.24) is 5.32 Å². The first kappa shape index (κ1) is 16.1. The molecule has 1 aromatic rings. The first-order valence-electron chi connectivity index (χ1n) is 5.96. The first-order chi connectivity index (χ1) is 9.62. The molecule has 1 heterocycles. The number of hydrogen-bond donors (Lipinski definition) is 1. The second-order valence-electron chi connectivity index (χ2n) is 5.02. The van der Waals surface area contributed by atoms with E-state index in [1.54, 1.807) is 6.92 Å². The lowest BCUT2D eigenvalue weighted by molar-refractivity contribution is 0.0884. The van der Waals surface area contributed by atoms with Crippen molar-refractivity contribution >= 4 is 25.6 Å². The molecule has 1 saturated heterocycles. The van der Waals surface area contributed by atoms with Gasteiger partial charge in [-0.25, -0.2) is 17.2 Å². The van der Waals surface area contributed by atoms with Crippen molar-refractivity contribution in [3.63, 3.8) is 0 Å². The largest absolute Gasteiger partial charge is 0.379 e. The van der Waals surface area contributed by atoms with Crippen LogP contribution in [0.1, 0.15) is 23.7 Å². The fourth-order valence-electron chi connectivity index (χ4n) is 2.01. The number of rotatable bonds is 3. The maximum atomic E-state index is 14.1. The predicted octanol–water partition coefficient (Wildman–Crippen LogP) is 1.80. The first-order valence-corrected chi connectivity index (χ1v) is 8.27. The Balaban J connectivity index is 2.40. The van der Waals surface area contributed by atoms with Gasteiger partial charge in [0.2, 0.25) is 0 Å². The summed E-state index contributed by atoms with van der Waals surface area (Å²) in [6, 6.07) is 1.05. The lowest BCUT2D eigenvalue weighted by atomic mass is 10.0. The highest BCUT2D eigenvalue weighted by Gasteiger charge is 2.33. The molecule has 0 aliphatic carbocycles. The summed E-state index contributed by atoms with van der Waals surface area (Å²) >= 11 is 0. The van der Waals surface area contributed by atoms with E-state index in [0.717, 1.165) is 0 Å². The quantitative estimate of drug-likeness (QED) is 0.852. The molecule has 1 unspecified atom stereocenters. The van der Waals surface area contributed by atoms with Crippen molar-refractivity contribution in [2.24, 2.45) is 0 Å². The molecule has 0 aromatic heterocycles. The zero-order valence-electron chi connectivity index (χ0n) is 11.0. The summed E-state index contributed by atoms with van der Waals surface area (Å²) in [6.07, 6.45) is 0.510. The molecule has 116 valence electrons. The van der Waals surface area contributed by atoms with Crippen LogP contribution in [0.2, 0.25) is 0 Å². The molecule has 2 rings (SSSR count). The Labute approximate surface area is 124 Å². The monoisotopic (exact) mass is 339 g/mol. The van der Waals surface area contributed by atoms with Crippen molar-refractivity contribution in [3.8, 4) is 0 Å². The Hall–Kier alpha value is -1.25. The molecule has 0 spiro atoms. The number of amides is 1. The molecule has 1 amide bonds. The molecule has 0 saturated carbocycles. The molecule has 1 atom stereocenters. The minimum absolute atomic E-state index is 0.232. The van der Waals surface area contributed by atoms with Gasteiger partial charge in [-0.3, -0.25) is 4.79 Å². The molecular weight excluding hydrogens is 328 g/mol. The van der Waals surface area contributed by atoms with Gasteiger partial charge in [0, 0.05) is 17.3 Å². The van der Waals surface area contributed by atoms with Gasteiger partial charge in [-0.2, -0.15) is 0 Å². The average molecular weight is 340 g/mol. The van der Waals surface area contributed by atoms with E-state index in [4.69, 9.17) is 15.4 Å². The van der Waals surface area contributed by atoms with Gasteiger partial charge >= 0.3 is 0 Å². The van der Waals surface area contributed by atoms with E-state index in [-0.39, 0.29) is 6.61 Å². The minimum atomic E-state index is -4.50.